The number of nitrogens with zero attached hydrogens (tertiary/aromatic N) is 3. The monoisotopic (exact) mass is 539 g/mol. The van der Waals surface area contributed by atoms with Crippen LogP contribution in [0, 0.1) is 13.8 Å². The first-order valence-corrected chi connectivity index (χ1v) is 14.1. The molecule has 200 valence electrons. The maximum Gasteiger partial charge on any atom is 0.255 e. The van der Waals surface area contributed by atoms with Crippen LogP contribution in [-0.2, 0) is 11.4 Å². The predicted octanol–water partition coefficient (Wildman–Crippen LogP) is 6.90. The number of amides is 1. The van der Waals surface area contributed by atoms with Crippen molar-refractivity contribution >= 4 is 29.3 Å². The van der Waals surface area contributed by atoms with Gasteiger partial charge in [0, 0.05) is 17.1 Å². The van der Waals surface area contributed by atoms with Crippen LogP contribution in [0.2, 0.25) is 0 Å². The molecule has 2 heterocycles. The Morgan fingerprint density at radius 2 is 1.72 bits per heavy atom. The van der Waals surface area contributed by atoms with E-state index in [9.17, 15) is 4.79 Å². The average Bonchev–Trinajstić information content (AvgIpc) is 3.34. The van der Waals surface area contributed by atoms with Crippen molar-refractivity contribution in [2.75, 3.05) is 16.4 Å². The van der Waals surface area contributed by atoms with Gasteiger partial charge < -0.3 is 15.4 Å². The molecule has 1 atom stereocenters. The summed E-state index contributed by atoms with van der Waals surface area (Å²) in [6.07, 6.45) is 1.02. The summed E-state index contributed by atoms with van der Waals surface area (Å²) in [5.41, 5.74) is 6.40. The molecule has 39 heavy (non-hydrogen) atoms. The summed E-state index contributed by atoms with van der Waals surface area (Å²) in [5.74, 6) is 2.14. The molecule has 0 aliphatic carbocycles. The van der Waals surface area contributed by atoms with Crippen molar-refractivity contribution in [2.24, 2.45) is 0 Å². The zero-order valence-corrected chi connectivity index (χ0v) is 23.5. The van der Waals surface area contributed by atoms with Crippen LogP contribution in [0.4, 0.5) is 11.6 Å². The number of carbonyl (C=O) groups excluding carboxylic acids is 1. The average molecular weight is 540 g/mol. The minimum atomic E-state index is -0.445. The molecule has 1 aliphatic rings. The highest BCUT2D eigenvalue weighted by Gasteiger charge is 2.34. The number of aromatic nitrogens is 3. The van der Waals surface area contributed by atoms with Gasteiger partial charge in [0.05, 0.1) is 5.57 Å². The SMILES string of the molecule is CCCSc1nc2n(n1)C(c1ccc(OCc3ccccc3C)cc1)C(C(=O)Nc1ccccc1C)=C(C)N2. The Balaban J connectivity index is 1.46. The molecule has 4 aromatic rings. The zero-order chi connectivity index (χ0) is 27.4. The quantitative estimate of drug-likeness (QED) is 0.225. The number of nitrogens with one attached hydrogen (secondary N) is 2. The van der Waals surface area contributed by atoms with Gasteiger partial charge in [-0.05, 0) is 67.6 Å². The van der Waals surface area contributed by atoms with E-state index in [4.69, 9.17) is 14.8 Å². The Labute approximate surface area is 233 Å². The fourth-order valence-electron chi connectivity index (χ4n) is 4.57. The number of fused-ring (bicyclic) bond motifs is 1. The normalized spacial score (nSPS) is 14.5. The van der Waals surface area contributed by atoms with E-state index in [-0.39, 0.29) is 5.91 Å². The van der Waals surface area contributed by atoms with Gasteiger partial charge in [0.2, 0.25) is 11.1 Å². The number of aryl methyl sites for hydroxylation is 2. The van der Waals surface area contributed by atoms with E-state index in [1.807, 2.05) is 79.2 Å². The van der Waals surface area contributed by atoms with Crippen molar-refractivity contribution < 1.29 is 9.53 Å². The van der Waals surface area contributed by atoms with Crippen LogP contribution in [0.5, 0.6) is 5.75 Å². The van der Waals surface area contributed by atoms with E-state index in [1.165, 1.54) is 5.56 Å². The van der Waals surface area contributed by atoms with Gasteiger partial charge in [0.15, 0.2) is 0 Å². The van der Waals surface area contributed by atoms with Gasteiger partial charge in [-0.25, -0.2) is 4.68 Å². The summed E-state index contributed by atoms with van der Waals surface area (Å²) >= 11 is 1.61. The standard InChI is InChI=1S/C31H33N5O2S/c1-5-18-39-31-34-30-32-22(4)27(29(37)33-26-13-9-7-11-21(26)3)28(36(30)35-31)23-14-16-25(17-15-23)38-19-24-12-8-6-10-20(24)2/h6-17,28H,5,18-19H2,1-4H3,(H,33,37)(H,32,34,35). The minimum Gasteiger partial charge on any atom is -0.489 e. The Morgan fingerprint density at radius 1 is 1.00 bits per heavy atom. The van der Waals surface area contributed by atoms with E-state index < -0.39 is 6.04 Å². The number of anilines is 2. The van der Waals surface area contributed by atoms with Crippen molar-refractivity contribution in [3.63, 3.8) is 0 Å². The molecule has 5 rings (SSSR count). The number of carbonyl (C=O) groups is 1. The molecule has 2 N–H and O–H groups in total. The second-order valence-corrected chi connectivity index (χ2v) is 10.7. The summed E-state index contributed by atoms with van der Waals surface area (Å²) in [6.45, 7) is 8.60. The highest BCUT2D eigenvalue weighted by Crippen LogP contribution is 2.37. The van der Waals surface area contributed by atoms with Gasteiger partial charge in [0.25, 0.3) is 5.91 Å². The van der Waals surface area contributed by atoms with E-state index in [1.54, 1.807) is 11.8 Å². The van der Waals surface area contributed by atoms with Gasteiger partial charge in [-0.15, -0.1) is 5.10 Å². The van der Waals surface area contributed by atoms with Crippen molar-refractivity contribution in [3.05, 3.63) is 106 Å². The summed E-state index contributed by atoms with van der Waals surface area (Å²) in [6, 6.07) is 23.4. The maximum absolute atomic E-state index is 13.8. The maximum atomic E-state index is 13.8. The predicted molar refractivity (Wildman–Crippen MR) is 157 cm³/mol. The molecule has 1 unspecified atom stereocenters. The molecule has 7 nitrogen and oxygen atoms in total. The van der Waals surface area contributed by atoms with Crippen molar-refractivity contribution in [2.45, 2.75) is 51.9 Å². The minimum absolute atomic E-state index is 0.178. The van der Waals surface area contributed by atoms with Gasteiger partial charge in [0.1, 0.15) is 18.4 Å². The lowest BCUT2D eigenvalue weighted by atomic mass is 9.95. The molecule has 1 amide bonds. The van der Waals surface area contributed by atoms with Gasteiger partial charge >= 0.3 is 0 Å². The molecule has 8 heteroatoms. The van der Waals surface area contributed by atoms with E-state index >= 15 is 0 Å². The fourth-order valence-corrected chi connectivity index (χ4v) is 5.25. The number of hydrogen-bond donors (Lipinski definition) is 2. The molecule has 1 aromatic heterocycles. The first-order chi connectivity index (χ1) is 18.9. The molecular formula is C31H33N5O2S. The number of hydrogen-bond acceptors (Lipinski definition) is 6. The molecule has 1 aliphatic heterocycles. The molecular weight excluding hydrogens is 506 g/mol. The summed E-state index contributed by atoms with van der Waals surface area (Å²) in [4.78, 5) is 18.5. The highest BCUT2D eigenvalue weighted by molar-refractivity contribution is 7.99. The number of rotatable bonds is 9. The van der Waals surface area contributed by atoms with Crippen molar-refractivity contribution in [3.8, 4) is 5.75 Å². The van der Waals surface area contributed by atoms with E-state index in [2.05, 4.69) is 36.6 Å². The van der Waals surface area contributed by atoms with Crippen LogP contribution in [0.3, 0.4) is 0 Å². The lowest BCUT2D eigenvalue weighted by molar-refractivity contribution is -0.113. The first-order valence-electron chi connectivity index (χ1n) is 13.2. The summed E-state index contributed by atoms with van der Waals surface area (Å²) in [7, 11) is 0. The molecule has 0 saturated heterocycles. The molecule has 0 radical (unpaired) electrons. The second-order valence-electron chi connectivity index (χ2n) is 9.63. The second kappa shape index (κ2) is 11.8. The number of ether oxygens (including phenoxy) is 1. The Bertz CT molecular complexity index is 1510. The van der Waals surface area contributed by atoms with Crippen LogP contribution < -0.4 is 15.4 Å². The number of allylic oxidation sites excluding steroid dienone is 1. The van der Waals surface area contributed by atoms with Crippen LogP contribution in [0.25, 0.3) is 0 Å². The molecule has 0 saturated carbocycles. The zero-order valence-electron chi connectivity index (χ0n) is 22.7. The summed E-state index contributed by atoms with van der Waals surface area (Å²) < 4.78 is 7.90. The fraction of sp³-hybridized carbons (Fsp3) is 0.258. The third-order valence-corrected chi connectivity index (χ3v) is 7.80. The first kappa shape index (κ1) is 26.6. The highest BCUT2D eigenvalue weighted by atomic mass is 32.2. The van der Waals surface area contributed by atoms with Crippen LogP contribution in [0.15, 0.2) is 89.2 Å². The molecule has 0 fully saturated rings. The number of para-hydroxylation sites is 1. The van der Waals surface area contributed by atoms with Crippen LogP contribution >= 0.6 is 11.8 Å². The lowest BCUT2D eigenvalue weighted by Crippen LogP contribution is -2.31. The third-order valence-electron chi connectivity index (χ3n) is 6.76. The Kier molecular flexibility index (Phi) is 8.02. The lowest BCUT2D eigenvalue weighted by Gasteiger charge is -2.29. The largest absolute Gasteiger partial charge is 0.489 e. The number of benzene rings is 3. The van der Waals surface area contributed by atoms with Crippen LogP contribution in [-0.4, -0.2) is 26.4 Å². The molecule has 0 spiro atoms. The molecule has 3 aromatic carbocycles. The van der Waals surface area contributed by atoms with Gasteiger partial charge in [-0.3, -0.25) is 4.79 Å². The Hall–Kier alpha value is -4.04. The third kappa shape index (κ3) is 5.86. The van der Waals surface area contributed by atoms with Crippen LogP contribution in [0.1, 0.15) is 48.6 Å². The Morgan fingerprint density at radius 3 is 2.44 bits per heavy atom. The van der Waals surface area contributed by atoms with Gasteiger partial charge in [-0.2, -0.15) is 4.98 Å². The van der Waals surface area contributed by atoms with E-state index in [0.29, 0.717) is 23.3 Å². The van der Waals surface area contributed by atoms with Gasteiger partial charge in [-0.1, -0.05) is 73.3 Å². The number of thioether (sulfide) groups is 1. The molecule has 0 bridgehead atoms. The van der Waals surface area contributed by atoms with Crippen molar-refractivity contribution in [1.29, 1.82) is 0 Å². The van der Waals surface area contributed by atoms with E-state index in [0.717, 1.165) is 46.0 Å². The summed E-state index contributed by atoms with van der Waals surface area (Å²) in [5, 5.41) is 11.9. The smallest absolute Gasteiger partial charge is 0.255 e. The topological polar surface area (TPSA) is 81.1 Å². The van der Waals surface area contributed by atoms with Crippen molar-refractivity contribution in [1.82, 2.24) is 14.8 Å².